The van der Waals surface area contributed by atoms with Gasteiger partial charge in [0.1, 0.15) is 5.01 Å². The van der Waals surface area contributed by atoms with Crippen LogP contribution in [-0.4, -0.2) is 10.9 Å². The highest BCUT2D eigenvalue weighted by Crippen LogP contribution is 2.28. The molecule has 0 atom stereocenters. The van der Waals surface area contributed by atoms with E-state index in [0.29, 0.717) is 12.1 Å². The summed E-state index contributed by atoms with van der Waals surface area (Å²) in [5, 5.41) is 6.08. The lowest BCUT2D eigenvalue weighted by atomic mass is 10.1. The molecule has 1 heterocycles. The van der Waals surface area contributed by atoms with E-state index in [1.807, 2.05) is 62.4 Å². The maximum absolute atomic E-state index is 12.4. The van der Waals surface area contributed by atoms with Crippen molar-refractivity contribution in [3.63, 3.8) is 0 Å². The van der Waals surface area contributed by atoms with Crippen LogP contribution in [0, 0.1) is 13.8 Å². The molecule has 0 saturated carbocycles. The average molecular weight is 399 g/mol. The molecule has 1 amide bonds. The molecule has 0 saturated heterocycles. The first kappa shape index (κ1) is 19.1. The Hall–Kier alpha value is -3.24. The minimum absolute atomic E-state index is 0.0513. The predicted molar refractivity (Wildman–Crippen MR) is 120 cm³/mol. The van der Waals surface area contributed by atoms with Crippen molar-refractivity contribution in [2.24, 2.45) is 0 Å². The Morgan fingerprint density at radius 3 is 2.38 bits per heavy atom. The van der Waals surface area contributed by atoms with Crippen molar-refractivity contribution in [1.82, 2.24) is 10.3 Å². The Kier molecular flexibility index (Phi) is 5.54. The summed E-state index contributed by atoms with van der Waals surface area (Å²) < 4.78 is 0. The fourth-order valence-corrected chi connectivity index (χ4v) is 3.92. The number of hydrogen-bond donors (Lipinski definition) is 1. The number of amides is 1. The highest BCUT2D eigenvalue weighted by molar-refractivity contribution is 7.13. The van der Waals surface area contributed by atoms with Crippen LogP contribution in [0.3, 0.4) is 0 Å². The Labute approximate surface area is 175 Å². The quantitative estimate of drug-likeness (QED) is 0.446. The van der Waals surface area contributed by atoms with Gasteiger partial charge in [-0.3, -0.25) is 4.79 Å². The van der Waals surface area contributed by atoms with Crippen LogP contribution in [-0.2, 0) is 6.54 Å². The smallest absolute Gasteiger partial charge is 0.251 e. The summed E-state index contributed by atoms with van der Waals surface area (Å²) in [6.07, 6.45) is 0. The maximum atomic E-state index is 12.4. The van der Waals surface area contributed by atoms with Crippen LogP contribution in [0.25, 0.3) is 21.8 Å². The second-order valence-corrected chi connectivity index (χ2v) is 7.94. The summed E-state index contributed by atoms with van der Waals surface area (Å²) in [6.45, 7) is 4.57. The number of nitrogens with zero attached hydrogens (tertiary/aromatic N) is 1. The molecule has 0 aliphatic rings. The number of thiazole rings is 1. The standard InChI is InChI=1S/C25H22N2OS/c1-17-8-11-22(14-18(17)2)24(28)26-15-19-9-12-21(13-10-19)25-27-23(16-29-25)20-6-4-3-5-7-20/h3-14,16H,15H2,1-2H3,(H,26,28). The second kappa shape index (κ2) is 8.41. The Balaban J connectivity index is 1.41. The summed E-state index contributed by atoms with van der Waals surface area (Å²) in [5.41, 5.74) is 7.28. The Morgan fingerprint density at radius 2 is 1.66 bits per heavy atom. The SMILES string of the molecule is Cc1ccc(C(=O)NCc2ccc(-c3nc(-c4ccccc4)cs3)cc2)cc1C. The molecular formula is C25H22N2OS. The molecule has 0 unspecified atom stereocenters. The molecule has 0 spiro atoms. The van der Waals surface area contributed by atoms with Gasteiger partial charge in [-0.2, -0.15) is 0 Å². The summed E-state index contributed by atoms with van der Waals surface area (Å²) in [5.74, 6) is -0.0513. The van der Waals surface area contributed by atoms with Crippen molar-refractivity contribution in [1.29, 1.82) is 0 Å². The number of aryl methyl sites for hydroxylation is 2. The third kappa shape index (κ3) is 4.44. The van der Waals surface area contributed by atoms with E-state index >= 15 is 0 Å². The van der Waals surface area contributed by atoms with Crippen LogP contribution in [0.4, 0.5) is 0 Å². The summed E-state index contributed by atoms with van der Waals surface area (Å²) >= 11 is 1.64. The number of rotatable bonds is 5. The van der Waals surface area contributed by atoms with E-state index in [4.69, 9.17) is 4.98 Å². The van der Waals surface area contributed by atoms with E-state index in [9.17, 15) is 4.79 Å². The number of nitrogens with one attached hydrogen (secondary N) is 1. The molecule has 29 heavy (non-hydrogen) atoms. The zero-order valence-corrected chi connectivity index (χ0v) is 17.3. The molecule has 1 aromatic heterocycles. The van der Waals surface area contributed by atoms with Crippen LogP contribution in [0.1, 0.15) is 27.0 Å². The topological polar surface area (TPSA) is 42.0 Å². The first-order valence-electron chi connectivity index (χ1n) is 9.56. The summed E-state index contributed by atoms with van der Waals surface area (Å²) in [6, 6.07) is 24.2. The molecule has 144 valence electrons. The van der Waals surface area contributed by atoms with Gasteiger partial charge in [0, 0.05) is 28.6 Å². The lowest BCUT2D eigenvalue weighted by Gasteiger charge is -2.08. The van der Waals surface area contributed by atoms with Gasteiger partial charge in [0.25, 0.3) is 5.91 Å². The number of carbonyl (C=O) groups is 1. The zero-order chi connectivity index (χ0) is 20.2. The number of benzene rings is 3. The third-order valence-corrected chi connectivity index (χ3v) is 5.89. The molecule has 0 fully saturated rings. The van der Waals surface area contributed by atoms with Crippen LogP contribution >= 0.6 is 11.3 Å². The molecule has 0 aliphatic heterocycles. The van der Waals surface area contributed by atoms with E-state index in [-0.39, 0.29) is 5.91 Å². The van der Waals surface area contributed by atoms with Gasteiger partial charge in [-0.05, 0) is 42.7 Å². The van der Waals surface area contributed by atoms with Gasteiger partial charge in [0.05, 0.1) is 5.69 Å². The molecule has 1 N–H and O–H groups in total. The summed E-state index contributed by atoms with van der Waals surface area (Å²) in [4.78, 5) is 17.1. The second-order valence-electron chi connectivity index (χ2n) is 7.08. The number of aromatic nitrogens is 1. The van der Waals surface area contributed by atoms with Crippen molar-refractivity contribution in [3.8, 4) is 21.8 Å². The van der Waals surface area contributed by atoms with Gasteiger partial charge in [-0.25, -0.2) is 4.98 Å². The van der Waals surface area contributed by atoms with E-state index in [0.717, 1.165) is 33.0 Å². The van der Waals surface area contributed by atoms with Crippen LogP contribution < -0.4 is 5.32 Å². The van der Waals surface area contributed by atoms with Crippen molar-refractivity contribution in [2.45, 2.75) is 20.4 Å². The molecule has 0 radical (unpaired) electrons. The van der Waals surface area contributed by atoms with Gasteiger partial charge in [0.15, 0.2) is 0 Å². The van der Waals surface area contributed by atoms with Gasteiger partial charge < -0.3 is 5.32 Å². The molecule has 0 aliphatic carbocycles. The highest BCUT2D eigenvalue weighted by atomic mass is 32.1. The molecule has 4 aromatic rings. The highest BCUT2D eigenvalue weighted by Gasteiger charge is 2.08. The monoisotopic (exact) mass is 398 g/mol. The molecule has 0 bridgehead atoms. The summed E-state index contributed by atoms with van der Waals surface area (Å²) in [7, 11) is 0. The fraction of sp³-hybridized carbons (Fsp3) is 0.120. The predicted octanol–water partition coefficient (Wildman–Crippen LogP) is 6.02. The van der Waals surface area contributed by atoms with Crippen molar-refractivity contribution in [2.75, 3.05) is 0 Å². The van der Waals surface area contributed by atoms with Gasteiger partial charge >= 0.3 is 0 Å². The van der Waals surface area contributed by atoms with Crippen molar-refractivity contribution in [3.05, 3.63) is 100 Å². The molecule has 4 rings (SSSR count). The zero-order valence-electron chi connectivity index (χ0n) is 16.5. The minimum Gasteiger partial charge on any atom is -0.348 e. The maximum Gasteiger partial charge on any atom is 0.251 e. The van der Waals surface area contributed by atoms with Crippen LogP contribution in [0.5, 0.6) is 0 Å². The normalized spacial score (nSPS) is 10.7. The number of hydrogen-bond acceptors (Lipinski definition) is 3. The lowest BCUT2D eigenvalue weighted by Crippen LogP contribution is -2.22. The molecule has 3 aromatic carbocycles. The largest absolute Gasteiger partial charge is 0.348 e. The van der Waals surface area contributed by atoms with Crippen LogP contribution in [0.15, 0.2) is 78.2 Å². The van der Waals surface area contributed by atoms with E-state index in [1.54, 1.807) is 11.3 Å². The minimum atomic E-state index is -0.0513. The molecular weight excluding hydrogens is 376 g/mol. The Bertz CT molecular complexity index is 1130. The average Bonchev–Trinajstić information content (AvgIpc) is 3.25. The van der Waals surface area contributed by atoms with Gasteiger partial charge in [0.2, 0.25) is 0 Å². The third-order valence-electron chi connectivity index (χ3n) is 5.00. The molecule has 3 nitrogen and oxygen atoms in total. The lowest BCUT2D eigenvalue weighted by molar-refractivity contribution is 0.0951. The van der Waals surface area contributed by atoms with E-state index in [2.05, 4.69) is 35.0 Å². The number of carbonyl (C=O) groups excluding carboxylic acids is 1. The first-order valence-corrected chi connectivity index (χ1v) is 10.4. The Morgan fingerprint density at radius 1 is 0.897 bits per heavy atom. The van der Waals surface area contributed by atoms with Gasteiger partial charge in [-0.15, -0.1) is 11.3 Å². The van der Waals surface area contributed by atoms with Crippen molar-refractivity contribution < 1.29 is 4.79 Å². The van der Waals surface area contributed by atoms with Crippen LogP contribution in [0.2, 0.25) is 0 Å². The fourth-order valence-electron chi connectivity index (χ4n) is 3.08. The van der Waals surface area contributed by atoms with Crippen molar-refractivity contribution >= 4 is 17.2 Å². The molecule has 4 heteroatoms. The first-order chi connectivity index (χ1) is 14.1. The van der Waals surface area contributed by atoms with E-state index < -0.39 is 0 Å². The van der Waals surface area contributed by atoms with Gasteiger partial charge in [-0.1, -0.05) is 60.7 Å². The van der Waals surface area contributed by atoms with E-state index in [1.165, 1.54) is 5.56 Å².